The molecule has 0 saturated carbocycles. The van der Waals surface area contributed by atoms with Gasteiger partial charge in [0.2, 0.25) is 5.88 Å². The lowest BCUT2D eigenvalue weighted by Gasteiger charge is -2.04. The number of pyridine rings is 1. The molecule has 0 bridgehead atoms. The van der Waals surface area contributed by atoms with E-state index < -0.39 is 0 Å². The third kappa shape index (κ3) is 2.61. The van der Waals surface area contributed by atoms with Gasteiger partial charge in [-0.2, -0.15) is 0 Å². The van der Waals surface area contributed by atoms with Crippen molar-refractivity contribution in [1.82, 2.24) is 4.98 Å². The van der Waals surface area contributed by atoms with Crippen molar-refractivity contribution in [3.05, 3.63) is 60.6 Å². The molecule has 1 radical (unpaired) electrons. The molecular formula is C14H10NO. The largest absolute Gasteiger partial charge is 0.439 e. The second kappa shape index (κ2) is 4.99. The standard InChI is InChI=1S/C14H10NO/c1-2-6-12-7-5-8-13(11-12)16-14-9-3-4-10-15-14/h1,3-11H. The minimum absolute atomic E-state index is 0.570. The Morgan fingerprint density at radius 3 is 2.88 bits per heavy atom. The first-order valence-electron chi connectivity index (χ1n) is 4.87. The van der Waals surface area contributed by atoms with Crippen LogP contribution in [-0.2, 0) is 0 Å². The maximum atomic E-state index is 5.57. The first-order chi connectivity index (χ1) is 7.88. The Balaban J connectivity index is 2.16. The van der Waals surface area contributed by atoms with Gasteiger partial charge in [0.25, 0.3) is 0 Å². The summed E-state index contributed by atoms with van der Waals surface area (Å²) in [6, 6.07) is 13.1. The van der Waals surface area contributed by atoms with Gasteiger partial charge in [-0.3, -0.25) is 0 Å². The monoisotopic (exact) mass is 208 g/mol. The van der Waals surface area contributed by atoms with Crippen LogP contribution in [0.3, 0.4) is 0 Å². The summed E-state index contributed by atoms with van der Waals surface area (Å²) in [5.41, 5.74) is 0.941. The van der Waals surface area contributed by atoms with Gasteiger partial charge >= 0.3 is 0 Å². The number of nitrogens with zero attached hydrogens (tertiary/aromatic N) is 1. The number of terminal acetylenes is 1. The Hall–Kier alpha value is -2.27. The zero-order valence-corrected chi connectivity index (χ0v) is 8.63. The normalized spacial score (nSPS) is 9.44. The predicted octanol–water partition coefficient (Wildman–Crippen LogP) is 3.06. The van der Waals surface area contributed by atoms with Crippen LogP contribution in [0.15, 0.2) is 48.7 Å². The SMILES string of the molecule is C#C[CH]c1cccc(Oc2ccccn2)c1. The Morgan fingerprint density at radius 1 is 1.19 bits per heavy atom. The summed E-state index contributed by atoms with van der Waals surface area (Å²) in [5.74, 6) is 3.77. The van der Waals surface area contributed by atoms with Crippen LogP contribution in [0.1, 0.15) is 5.56 Å². The predicted molar refractivity (Wildman–Crippen MR) is 63.0 cm³/mol. The molecule has 16 heavy (non-hydrogen) atoms. The fraction of sp³-hybridized carbons (Fsp3) is 0. The van der Waals surface area contributed by atoms with Crippen LogP contribution in [0, 0.1) is 18.8 Å². The van der Waals surface area contributed by atoms with Gasteiger partial charge < -0.3 is 4.74 Å². The van der Waals surface area contributed by atoms with Crippen molar-refractivity contribution in [1.29, 1.82) is 0 Å². The van der Waals surface area contributed by atoms with Crippen molar-refractivity contribution in [3.63, 3.8) is 0 Å². The first-order valence-corrected chi connectivity index (χ1v) is 4.87. The Morgan fingerprint density at radius 2 is 2.12 bits per heavy atom. The molecular weight excluding hydrogens is 198 g/mol. The number of hydrogen-bond donors (Lipinski definition) is 0. The minimum atomic E-state index is 0.570. The summed E-state index contributed by atoms with van der Waals surface area (Å²) in [6.45, 7) is 0. The lowest BCUT2D eigenvalue weighted by atomic mass is 10.1. The van der Waals surface area contributed by atoms with Crippen molar-refractivity contribution >= 4 is 0 Å². The Bertz CT molecular complexity index is 500. The topological polar surface area (TPSA) is 22.1 Å². The van der Waals surface area contributed by atoms with Crippen LogP contribution in [0.4, 0.5) is 0 Å². The summed E-state index contributed by atoms with van der Waals surface area (Å²) in [7, 11) is 0. The highest BCUT2D eigenvalue weighted by Gasteiger charge is 1.98. The highest BCUT2D eigenvalue weighted by atomic mass is 16.5. The van der Waals surface area contributed by atoms with Gasteiger partial charge in [0.05, 0.1) is 6.42 Å². The van der Waals surface area contributed by atoms with Gasteiger partial charge in [0.15, 0.2) is 0 Å². The lowest BCUT2D eigenvalue weighted by molar-refractivity contribution is 0.463. The molecule has 0 N–H and O–H groups in total. The maximum absolute atomic E-state index is 5.57. The molecule has 0 atom stereocenters. The zero-order chi connectivity index (χ0) is 11.2. The highest BCUT2D eigenvalue weighted by Crippen LogP contribution is 2.20. The fourth-order valence-corrected chi connectivity index (χ4v) is 1.29. The molecule has 0 spiro atoms. The van der Waals surface area contributed by atoms with E-state index in [0.717, 1.165) is 11.3 Å². The van der Waals surface area contributed by atoms with Crippen molar-refractivity contribution in [2.45, 2.75) is 0 Å². The molecule has 0 saturated heterocycles. The summed E-state index contributed by atoms with van der Waals surface area (Å²) >= 11 is 0. The van der Waals surface area contributed by atoms with Gasteiger partial charge in [0, 0.05) is 12.3 Å². The van der Waals surface area contributed by atoms with Gasteiger partial charge in [0.1, 0.15) is 5.75 Å². The number of benzene rings is 1. The molecule has 0 aliphatic carbocycles. The quantitative estimate of drug-likeness (QED) is 0.723. The first kappa shape index (κ1) is 10.3. The van der Waals surface area contributed by atoms with E-state index in [0.29, 0.717) is 5.88 Å². The molecule has 1 aromatic carbocycles. The van der Waals surface area contributed by atoms with E-state index >= 15 is 0 Å². The molecule has 0 aliphatic rings. The third-order valence-electron chi connectivity index (χ3n) is 1.97. The summed E-state index contributed by atoms with van der Waals surface area (Å²) < 4.78 is 5.57. The summed E-state index contributed by atoms with van der Waals surface area (Å²) in [6.07, 6.45) is 8.58. The summed E-state index contributed by atoms with van der Waals surface area (Å²) in [4.78, 5) is 4.08. The molecule has 2 rings (SSSR count). The number of ether oxygens (including phenoxy) is 1. The smallest absolute Gasteiger partial charge is 0.219 e. The Kier molecular flexibility index (Phi) is 3.20. The average Bonchev–Trinajstić information content (AvgIpc) is 2.31. The van der Waals surface area contributed by atoms with E-state index in [-0.39, 0.29) is 0 Å². The average molecular weight is 208 g/mol. The maximum Gasteiger partial charge on any atom is 0.219 e. The van der Waals surface area contributed by atoms with Crippen LogP contribution < -0.4 is 4.74 Å². The molecule has 0 fully saturated rings. The van der Waals surface area contributed by atoms with Gasteiger partial charge in [-0.05, 0) is 23.8 Å². The molecule has 2 nitrogen and oxygen atoms in total. The summed E-state index contributed by atoms with van der Waals surface area (Å²) in [5, 5.41) is 0. The molecule has 0 aliphatic heterocycles. The van der Waals surface area contributed by atoms with Crippen molar-refractivity contribution in [2.75, 3.05) is 0 Å². The number of aromatic nitrogens is 1. The number of hydrogen-bond acceptors (Lipinski definition) is 2. The van der Waals surface area contributed by atoms with E-state index in [1.54, 1.807) is 18.7 Å². The van der Waals surface area contributed by atoms with Crippen molar-refractivity contribution < 1.29 is 4.74 Å². The molecule has 1 aromatic heterocycles. The van der Waals surface area contributed by atoms with E-state index in [1.807, 2.05) is 36.4 Å². The van der Waals surface area contributed by atoms with Crippen molar-refractivity contribution in [2.24, 2.45) is 0 Å². The number of rotatable bonds is 3. The van der Waals surface area contributed by atoms with E-state index in [4.69, 9.17) is 11.2 Å². The second-order valence-corrected chi connectivity index (χ2v) is 3.15. The van der Waals surface area contributed by atoms with Gasteiger partial charge in [-0.1, -0.05) is 24.1 Å². The second-order valence-electron chi connectivity index (χ2n) is 3.15. The molecule has 77 valence electrons. The van der Waals surface area contributed by atoms with E-state index in [9.17, 15) is 0 Å². The Labute approximate surface area is 94.9 Å². The van der Waals surface area contributed by atoms with Crippen LogP contribution in [0.2, 0.25) is 0 Å². The van der Waals surface area contributed by atoms with Crippen LogP contribution >= 0.6 is 0 Å². The molecule has 0 unspecified atom stereocenters. The third-order valence-corrected chi connectivity index (χ3v) is 1.97. The van der Waals surface area contributed by atoms with Crippen LogP contribution in [-0.4, -0.2) is 4.98 Å². The lowest BCUT2D eigenvalue weighted by Crippen LogP contribution is -1.87. The molecule has 0 amide bonds. The molecule has 2 heteroatoms. The fourth-order valence-electron chi connectivity index (χ4n) is 1.29. The molecule has 1 heterocycles. The van der Waals surface area contributed by atoms with Crippen LogP contribution in [0.5, 0.6) is 11.6 Å². The van der Waals surface area contributed by atoms with E-state index in [1.165, 1.54) is 0 Å². The zero-order valence-electron chi connectivity index (χ0n) is 8.63. The van der Waals surface area contributed by atoms with Crippen molar-refractivity contribution in [3.8, 4) is 24.0 Å². The van der Waals surface area contributed by atoms with Gasteiger partial charge in [-0.25, -0.2) is 4.98 Å². The highest BCUT2D eigenvalue weighted by molar-refractivity contribution is 5.38. The van der Waals surface area contributed by atoms with E-state index in [2.05, 4.69) is 10.9 Å². The van der Waals surface area contributed by atoms with Gasteiger partial charge in [-0.15, -0.1) is 6.42 Å². The molecule has 2 aromatic rings. The van der Waals surface area contributed by atoms with Crippen LogP contribution in [0.25, 0.3) is 0 Å². The minimum Gasteiger partial charge on any atom is -0.439 e.